The van der Waals surface area contributed by atoms with Gasteiger partial charge in [0.25, 0.3) is 0 Å². The van der Waals surface area contributed by atoms with Crippen LogP contribution in [0.2, 0.25) is 5.28 Å². The fourth-order valence-corrected chi connectivity index (χ4v) is 6.74. The first-order valence-electron chi connectivity index (χ1n) is 15.8. The molecule has 2 heterocycles. The van der Waals surface area contributed by atoms with Crippen LogP contribution in [0, 0.1) is 0 Å². The molecule has 0 aliphatic heterocycles. The van der Waals surface area contributed by atoms with Gasteiger partial charge in [-0.05, 0) is 80.0 Å². The zero-order valence-corrected chi connectivity index (χ0v) is 26.4. The van der Waals surface area contributed by atoms with Gasteiger partial charge >= 0.3 is 0 Å². The second kappa shape index (κ2) is 11.6. The summed E-state index contributed by atoms with van der Waals surface area (Å²) in [7, 11) is 0. The number of hydrogen-bond acceptors (Lipinski definition) is 4. The number of fused-ring (bicyclic) bond motifs is 4. The number of aromatic nitrogens is 3. The third-order valence-corrected chi connectivity index (χ3v) is 9.06. The fourth-order valence-electron chi connectivity index (χ4n) is 6.58. The minimum atomic E-state index is 0.137. The third kappa shape index (κ3) is 5.00. The van der Waals surface area contributed by atoms with Crippen LogP contribution in [0.5, 0.6) is 0 Å². The van der Waals surface area contributed by atoms with Crippen molar-refractivity contribution in [3.05, 3.63) is 163 Å². The van der Waals surface area contributed by atoms with Crippen molar-refractivity contribution < 1.29 is 4.42 Å². The molecule has 0 aliphatic rings. The summed E-state index contributed by atoms with van der Waals surface area (Å²) in [6.07, 6.45) is 0. The van der Waals surface area contributed by atoms with Crippen LogP contribution in [0.4, 0.5) is 0 Å². The van der Waals surface area contributed by atoms with E-state index in [0.717, 1.165) is 55.3 Å². The number of halogens is 1. The molecule has 9 rings (SSSR count). The van der Waals surface area contributed by atoms with Crippen LogP contribution in [0.25, 0.3) is 88.9 Å². The van der Waals surface area contributed by atoms with Crippen LogP contribution < -0.4 is 0 Å². The first-order valence-corrected chi connectivity index (χ1v) is 16.2. The highest BCUT2D eigenvalue weighted by atomic mass is 35.5. The number of rotatable bonds is 5. The van der Waals surface area contributed by atoms with Gasteiger partial charge in [0, 0.05) is 21.9 Å². The van der Waals surface area contributed by atoms with Crippen LogP contribution in [-0.4, -0.2) is 15.0 Å². The molecule has 0 bridgehead atoms. The quantitative estimate of drug-likeness (QED) is 0.189. The molecule has 4 nitrogen and oxygen atoms in total. The van der Waals surface area contributed by atoms with Crippen LogP contribution in [0.15, 0.2) is 162 Å². The van der Waals surface area contributed by atoms with Gasteiger partial charge in [-0.3, -0.25) is 0 Å². The van der Waals surface area contributed by atoms with E-state index in [2.05, 4.69) is 113 Å². The van der Waals surface area contributed by atoms with Crippen molar-refractivity contribution >= 4 is 44.3 Å². The zero-order chi connectivity index (χ0) is 32.0. The van der Waals surface area contributed by atoms with Crippen molar-refractivity contribution in [2.45, 2.75) is 0 Å². The number of hydrogen-bond donors (Lipinski definition) is 0. The number of nitrogens with zero attached hydrogens (tertiary/aromatic N) is 3. The summed E-state index contributed by atoms with van der Waals surface area (Å²) in [5.41, 5.74) is 10.1. The molecule has 0 aliphatic carbocycles. The summed E-state index contributed by atoms with van der Waals surface area (Å²) < 4.78 is 6.34. The topological polar surface area (TPSA) is 51.8 Å². The first-order chi connectivity index (χ1) is 23.7. The van der Waals surface area contributed by atoms with Gasteiger partial charge in [0.15, 0.2) is 11.6 Å². The average Bonchev–Trinajstić information content (AvgIpc) is 3.53. The Morgan fingerprint density at radius 1 is 0.396 bits per heavy atom. The van der Waals surface area contributed by atoms with Crippen LogP contribution in [0.1, 0.15) is 0 Å². The molecule has 0 fully saturated rings. The van der Waals surface area contributed by atoms with E-state index in [-0.39, 0.29) is 5.28 Å². The lowest BCUT2D eigenvalue weighted by atomic mass is 9.94. The highest BCUT2D eigenvalue weighted by Crippen LogP contribution is 2.39. The van der Waals surface area contributed by atoms with E-state index in [4.69, 9.17) is 21.0 Å². The second-order valence-corrected chi connectivity index (χ2v) is 12.1. The van der Waals surface area contributed by atoms with Crippen molar-refractivity contribution in [2.24, 2.45) is 0 Å². The predicted molar refractivity (Wildman–Crippen MR) is 197 cm³/mol. The van der Waals surface area contributed by atoms with Gasteiger partial charge in [-0.2, -0.15) is 9.97 Å². The Morgan fingerprint density at radius 3 is 1.92 bits per heavy atom. The number of benzene rings is 7. The molecule has 226 valence electrons. The summed E-state index contributed by atoms with van der Waals surface area (Å²) in [6, 6.07) is 54.4. The predicted octanol–water partition coefficient (Wildman–Crippen LogP) is 11.9. The summed E-state index contributed by atoms with van der Waals surface area (Å²) in [4.78, 5) is 14.0. The van der Waals surface area contributed by atoms with E-state index in [1.807, 2.05) is 54.6 Å². The van der Waals surface area contributed by atoms with Crippen molar-refractivity contribution in [2.75, 3.05) is 0 Å². The van der Waals surface area contributed by atoms with Crippen molar-refractivity contribution in [3.63, 3.8) is 0 Å². The Labute approximate surface area is 282 Å². The maximum atomic E-state index is 6.54. The van der Waals surface area contributed by atoms with Crippen LogP contribution >= 0.6 is 11.6 Å². The van der Waals surface area contributed by atoms with E-state index in [0.29, 0.717) is 11.6 Å². The summed E-state index contributed by atoms with van der Waals surface area (Å²) in [5, 5.41) is 4.52. The van der Waals surface area contributed by atoms with E-state index < -0.39 is 0 Å². The Kier molecular flexibility index (Phi) is 6.81. The van der Waals surface area contributed by atoms with E-state index in [1.54, 1.807) is 0 Å². The molecule has 0 radical (unpaired) electrons. The Hall–Kier alpha value is -6.10. The Bertz CT molecular complexity index is 2620. The molecule has 9 aromatic rings. The molecule has 2 aromatic heterocycles. The van der Waals surface area contributed by atoms with Gasteiger partial charge in [-0.1, -0.05) is 133 Å². The monoisotopic (exact) mass is 635 g/mol. The normalized spacial score (nSPS) is 11.4. The maximum Gasteiger partial charge on any atom is 0.226 e. The molecule has 0 N–H and O–H groups in total. The van der Waals surface area contributed by atoms with Crippen molar-refractivity contribution in [1.82, 2.24) is 15.0 Å². The molecular formula is C43H26ClN3O. The van der Waals surface area contributed by atoms with Crippen LogP contribution in [-0.2, 0) is 0 Å². The lowest BCUT2D eigenvalue weighted by Gasteiger charge is -2.10. The molecule has 48 heavy (non-hydrogen) atoms. The number of furan rings is 1. The second-order valence-electron chi connectivity index (χ2n) is 11.8. The van der Waals surface area contributed by atoms with Gasteiger partial charge in [-0.15, -0.1) is 0 Å². The summed E-state index contributed by atoms with van der Waals surface area (Å²) in [6.45, 7) is 0. The molecule has 0 saturated heterocycles. The zero-order valence-electron chi connectivity index (χ0n) is 25.6. The molecule has 0 unspecified atom stereocenters. The Morgan fingerprint density at radius 2 is 1.02 bits per heavy atom. The molecule has 5 heteroatoms. The van der Waals surface area contributed by atoms with E-state index in [9.17, 15) is 0 Å². The van der Waals surface area contributed by atoms with Crippen molar-refractivity contribution in [1.29, 1.82) is 0 Å². The third-order valence-electron chi connectivity index (χ3n) is 8.89. The summed E-state index contributed by atoms with van der Waals surface area (Å²) >= 11 is 6.54. The summed E-state index contributed by atoms with van der Waals surface area (Å²) in [5.74, 6) is 1.01. The molecule has 0 amide bonds. The minimum Gasteiger partial charge on any atom is -0.456 e. The first kappa shape index (κ1) is 28.1. The Balaban J connectivity index is 1.14. The highest BCUT2D eigenvalue weighted by Gasteiger charge is 2.18. The van der Waals surface area contributed by atoms with Gasteiger partial charge in [0.2, 0.25) is 5.28 Å². The van der Waals surface area contributed by atoms with E-state index in [1.165, 1.54) is 21.9 Å². The average molecular weight is 636 g/mol. The molecule has 0 atom stereocenters. The van der Waals surface area contributed by atoms with Crippen molar-refractivity contribution in [3.8, 4) is 56.2 Å². The fraction of sp³-hybridized carbons (Fsp3) is 0. The molecule has 0 spiro atoms. The lowest BCUT2D eigenvalue weighted by molar-refractivity contribution is 0.669. The van der Waals surface area contributed by atoms with Crippen LogP contribution in [0.3, 0.4) is 0 Å². The molecular weight excluding hydrogens is 610 g/mol. The molecule has 7 aromatic carbocycles. The van der Waals surface area contributed by atoms with Gasteiger partial charge < -0.3 is 4.42 Å². The standard InChI is InChI=1S/C43H26ClN3O/c44-43-46-41(30-21-19-28(20-22-30)27-9-2-1-3-10-27)45-42(47-43)36-17-8-18-39-40(36)37-26-32(23-24-38(37)48-39)31-13-6-14-33(25-31)35-16-7-12-29-11-4-5-15-34(29)35/h1-26H. The van der Waals surface area contributed by atoms with Gasteiger partial charge in [0.1, 0.15) is 11.2 Å². The lowest BCUT2D eigenvalue weighted by Crippen LogP contribution is -1.97. The van der Waals surface area contributed by atoms with Gasteiger partial charge in [0.05, 0.1) is 0 Å². The molecule has 0 saturated carbocycles. The van der Waals surface area contributed by atoms with Gasteiger partial charge in [-0.25, -0.2) is 4.98 Å². The minimum absolute atomic E-state index is 0.137. The SMILES string of the molecule is Clc1nc(-c2ccc(-c3ccccc3)cc2)nc(-c2cccc3oc4ccc(-c5cccc(-c6cccc7ccccc67)c5)cc4c23)n1. The largest absolute Gasteiger partial charge is 0.456 e. The highest BCUT2D eigenvalue weighted by molar-refractivity contribution is 6.28. The maximum absolute atomic E-state index is 6.54. The smallest absolute Gasteiger partial charge is 0.226 e. The van der Waals surface area contributed by atoms with E-state index >= 15 is 0 Å².